The normalized spacial score (nSPS) is 25.2. The zero-order chi connectivity index (χ0) is 52.7. The van der Waals surface area contributed by atoms with Gasteiger partial charge in [0.05, 0.1) is 26.2 Å². The Morgan fingerprint density at radius 3 is 1.75 bits per heavy atom. The lowest BCUT2D eigenvalue weighted by Gasteiger charge is -2.38. The molecule has 0 bridgehead atoms. The Balaban J connectivity index is 1.61. The van der Waals surface area contributed by atoms with Gasteiger partial charge in [-0.15, -0.1) is 0 Å². The van der Waals surface area contributed by atoms with Gasteiger partial charge in [-0.3, -0.25) is 47.9 Å². The number of benzene rings is 1. The largest absolute Gasteiger partial charge is 0.445 e. The fourth-order valence-corrected chi connectivity index (χ4v) is 8.45. The highest BCUT2D eigenvalue weighted by molar-refractivity contribution is 5.97. The van der Waals surface area contributed by atoms with E-state index in [1.165, 1.54) is 56.7 Å². The van der Waals surface area contributed by atoms with Crippen LogP contribution in [0, 0.1) is 5.92 Å². The van der Waals surface area contributed by atoms with Crippen LogP contribution in [0.2, 0.25) is 0 Å². The second-order valence-corrected chi connectivity index (χ2v) is 19.0. The first-order valence-electron chi connectivity index (χ1n) is 23.9. The topological polar surface area (TPSA) is 303 Å². The van der Waals surface area contributed by atoms with Crippen molar-refractivity contribution in [1.29, 1.82) is 0 Å². The van der Waals surface area contributed by atoms with Crippen molar-refractivity contribution in [2.75, 3.05) is 80.5 Å². The van der Waals surface area contributed by atoms with Gasteiger partial charge in [0.2, 0.25) is 59.1 Å². The lowest BCUT2D eigenvalue weighted by Crippen LogP contribution is -2.62. The first kappa shape index (κ1) is 56.7. The first-order valence-corrected chi connectivity index (χ1v) is 23.9. The zero-order valence-corrected chi connectivity index (χ0v) is 42.1. The van der Waals surface area contributed by atoms with Crippen LogP contribution in [0.5, 0.6) is 0 Å². The molecule has 0 aliphatic carbocycles. The van der Waals surface area contributed by atoms with Gasteiger partial charge in [-0.05, 0) is 63.9 Å². The predicted octanol–water partition coefficient (Wildman–Crippen LogP) is -2.51. The van der Waals surface area contributed by atoms with Crippen molar-refractivity contribution in [3.63, 3.8) is 0 Å². The summed E-state index contributed by atoms with van der Waals surface area (Å²) in [4.78, 5) is 157. The Kier molecular flexibility index (Phi) is 20.7. The Hall–Kier alpha value is -6.85. The van der Waals surface area contributed by atoms with E-state index in [0.717, 1.165) is 14.7 Å². The molecule has 3 heterocycles. The summed E-state index contributed by atoms with van der Waals surface area (Å²) in [5, 5.41) is 12.9. The van der Waals surface area contributed by atoms with E-state index < -0.39 is 140 Å². The summed E-state index contributed by atoms with van der Waals surface area (Å²) in [6.45, 7) is 3.50. The van der Waals surface area contributed by atoms with Crippen LogP contribution >= 0.6 is 0 Å². The third kappa shape index (κ3) is 15.3. The highest BCUT2D eigenvalue weighted by Gasteiger charge is 2.41. The summed E-state index contributed by atoms with van der Waals surface area (Å²) in [6, 6.07) is 2.86. The van der Waals surface area contributed by atoms with Crippen LogP contribution in [0.15, 0.2) is 30.3 Å². The van der Waals surface area contributed by atoms with E-state index in [-0.39, 0.29) is 39.1 Å². The zero-order valence-electron chi connectivity index (χ0n) is 42.1. The van der Waals surface area contributed by atoms with Gasteiger partial charge in [0.25, 0.3) is 0 Å². The molecule has 1 aromatic rings. The highest BCUT2D eigenvalue weighted by atomic mass is 16.5. The number of nitrogens with one attached hydrogen (secondary N) is 5. The Bertz CT molecular complexity index is 2140. The number of fused-ring (bicyclic) bond motifs is 2. The molecule has 11 amide bonds. The Labute approximate surface area is 414 Å². The molecule has 392 valence electrons. The number of carbonyl (C=O) groups excluding carboxylic acids is 11. The van der Waals surface area contributed by atoms with E-state index in [0.29, 0.717) is 31.2 Å². The molecule has 0 radical (unpaired) electrons. The Morgan fingerprint density at radius 2 is 1.21 bits per heavy atom. The number of carbonyl (C=O) groups is 11. The average Bonchev–Trinajstić information content (AvgIpc) is 3.35. The first-order chi connectivity index (χ1) is 33.5. The minimum Gasteiger partial charge on any atom is -0.445 e. The molecule has 0 unspecified atom stereocenters. The van der Waals surface area contributed by atoms with Gasteiger partial charge in [-0.2, -0.15) is 0 Å². The predicted molar refractivity (Wildman–Crippen MR) is 256 cm³/mol. The van der Waals surface area contributed by atoms with Gasteiger partial charge in [0.15, 0.2) is 0 Å². The maximum absolute atomic E-state index is 14.4. The molecule has 3 aliphatic rings. The quantitative estimate of drug-likeness (QED) is 0.182. The highest BCUT2D eigenvalue weighted by Crippen LogP contribution is 2.21. The minimum absolute atomic E-state index is 0.0846. The fourth-order valence-electron chi connectivity index (χ4n) is 8.45. The van der Waals surface area contributed by atoms with Crippen molar-refractivity contribution in [1.82, 2.24) is 56.0 Å². The Morgan fingerprint density at radius 1 is 0.690 bits per heavy atom. The van der Waals surface area contributed by atoms with Crippen LogP contribution in [-0.2, 0) is 59.3 Å². The van der Waals surface area contributed by atoms with Gasteiger partial charge in [-0.1, -0.05) is 44.2 Å². The molecule has 24 nitrogen and oxygen atoms in total. The van der Waals surface area contributed by atoms with Crippen molar-refractivity contribution >= 4 is 65.2 Å². The molecule has 3 saturated heterocycles. The van der Waals surface area contributed by atoms with E-state index in [1.807, 2.05) is 0 Å². The molecule has 24 heteroatoms. The van der Waals surface area contributed by atoms with E-state index in [2.05, 4.69) is 26.6 Å². The maximum atomic E-state index is 14.4. The number of nitrogens with two attached hydrogens (primary N) is 1. The van der Waals surface area contributed by atoms with Crippen LogP contribution in [0.1, 0.15) is 71.8 Å². The monoisotopic (exact) mass is 997 g/mol. The lowest BCUT2D eigenvalue weighted by molar-refractivity contribution is -0.147. The molecule has 4 rings (SSSR count). The lowest BCUT2D eigenvalue weighted by atomic mass is 9.99. The van der Waals surface area contributed by atoms with Crippen molar-refractivity contribution < 1.29 is 57.5 Å². The summed E-state index contributed by atoms with van der Waals surface area (Å²) in [5.41, 5.74) is 5.34. The molecule has 0 spiro atoms. The summed E-state index contributed by atoms with van der Waals surface area (Å²) in [5.74, 6) is -7.05. The number of nitrogens with zero attached hydrogens (tertiary/aromatic N) is 6. The van der Waals surface area contributed by atoms with Gasteiger partial charge < -0.3 is 66.5 Å². The molecule has 3 fully saturated rings. The van der Waals surface area contributed by atoms with Crippen molar-refractivity contribution in [3.8, 4) is 0 Å². The molecule has 7 N–H and O–H groups in total. The molecule has 5 atom stereocenters. The number of rotatable bonds is 4. The van der Waals surface area contributed by atoms with E-state index in [1.54, 1.807) is 44.2 Å². The number of likely N-dealkylation sites (N-methyl/N-ethyl adjacent to an activating group) is 4. The minimum atomic E-state index is -1.60. The second-order valence-electron chi connectivity index (χ2n) is 19.0. The van der Waals surface area contributed by atoms with Crippen LogP contribution < -0.4 is 32.3 Å². The van der Waals surface area contributed by atoms with Crippen LogP contribution in [-0.4, -0.2) is 211 Å². The van der Waals surface area contributed by atoms with Crippen LogP contribution in [0.25, 0.3) is 0 Å². The summed E-state index contributed by atoms with van der Waals surface area (Å²) < 4.78 is 5.39. The molecule has 71 heavy (non-hydrogen) atoms. The van der Waals surface area contributed by atoms with E-state index in [9.17, 15) is 52.7 Å². The van der Waals surface area contributed by atoms with Crippen molar-refractivity contribution in [2.45, 2.75) is 109 Å². The molecular weight excluding hydrogens is 925 g/mol. The van der Waals surface area contributed by atoms with Crippen molar-refractivity contribution in [2.24, 2.45) is 11.7 Å². The number of alkyl carbamates (subject to hydrolysis) is 1. The van der Waals surface area contributed by atoms with Crippen LogP contribution in [0.3, 0.4) is 0 Å². The fraction of sp³-hybridized carbons (Fsp3) is 0.638. The summed E-state index contributed by atoms with van der Waals surface area (Å²) in [7, 11) is 5.42. The molecule has 0 saturated carbocycles. The smallest absolute Gasteiger partial charge is 0.408 e. The second kappa shape index (κ2) is 25.8. The van der Waals surface area contributed by atoms with E-state index >= 15 is 0 Å². The third-order valence-corrected chi connectivity index (χ3v) is 13.2. The molecule has 0 aromatic heterocycles. The van der Waals surface area contributed by atoms with Gasteiger partial charge in [0, 0.05) is 54.4 Å². The number of hydrogen-bond acceptors (Lipinski definition) is 13. The standard InChI is InChI=1S/C47H72N12O12/c1-29(2)39-42(66)49-22-31(48)43(67)58-20-14-12-18-33(58)40(64)50-25-36(61)55(6)27-38(63)57(8)47(3,4)45(69)52-23-32(53-46(70)71-28-30-16-10-9-11-17-30)44(68)59-21-15-13-19-34(59)41(65)51-24-35(60)54(5)26-37(62)56(39)7/h9-11,16-17,29,31-34,39H,12-15,18-28,48H2,1-8H3,(H,49,66)(H,50,64)(H,51,65)(H,52,69)(H,53,70)/t31-,32-,33+,34+,39+/m1/s1. The number of hydrogen-bond donors (Lipinski definition) is 6. The molecular formula is C47H72N12O12. The molecule has 1 aromatic carbocycles. The molecule has 3 aliphatic heterocycles. The summed E-state index contributed by atoms with van der Waals surface area (Å²) >= 11 is 0. The SMILES string of the molecule is CC(C)[C@H]1C(=O)NC[C@@H](N)C(=O)N2CCCC[C@H]2C(=O)NCC(=O)N(C)CC(=O)N(C)C(C)(C)C(=O)NC[C@@H](NC(=O)OCc2ccccc2)C(=O)N2CCCC[C@H]2C(=O)NCC(=O)N(C)CC(=O)N1C. The number of amides is 11. The third-order valence-electron chi connectivity index (χ3n) is 13.2. The maximum Gasteiger partial charge on any atom is 0.408 e. The van der Waals surface area contributed by atoms with Gasteiger partial charge >= 0.3 is 6.09 Å². The van der Waals surface area contributed by atoms with Gasteiger partial charge in [0.1, 0.15) is 42.4 Å². The van der Waals surface area contributed by atoms with Crippen molar-refractivity contribution in [3.05, 3.63) is 35.9 Å². The van der Waals surface area contributed by atoms with Gasteiger partial charge in [-0.25, -0.2) is 4.79 Å². The van der Waals surface area contributed by atoms with E-state index in [4.69, 9.17) is 10.5 Å². The number of ether oxygens (including phenoxy) is 1. The summed E-state index contributed by atoms with van der Waals surface area (Å²) in [6.07, 6.45) is 1.68. The average molecular weight is 997 g/mol. The number of piperidine rings is 2. The van der Waals surface area contributed by atoms with Crippen LogP contribution in [0.4, 0.5) is 4.79 Å².